The van der Waals surface area contributed by atoms with Crippen molar-refractivity contribution < 1.29 is 33.7 Å². The summed E-state index contributed by atoms with van der Waals surface area (Å²) in [6, 6.07) is 12.9. The quantitative estimate of drug-likeness (QED) is 0.186. The molecule has 196 valence electrons. The van der Waals surface area contributed by atoms with Gasteiger partial charge in [-0.25, -0.2) is 4.79 Å². The van der Waals surface area contributed by atoms with Gasteiger partial charge in [0.1, 0.15) is 23.3 Å². The van der Waals surface area contributed by atoms with Crippen molar-refractivity contribution in [3.8, 4) is 11.5 Å². The van der Waals surface area contributed by atoms with E-state index in [4.69, 9.17) is 25.8 Å². The molecule has 1 N–H and O–H groups in total. The summed E-state index contributed by atoms with van der Waals surface area (Å²) in [5, 5.41) is 11.6. The number of pyridine rings is 1. The molecule has 1 unspecified atom stereocenters. The van der Waals surface area contributed by atoms with Crippen LogP contribution in [0.15, 0.2) is 66.4 Å². The molecule has 10 heteroatoms. The molecule has 1 saturated heterocycles. The largest absolute Gasteiger partial charge is 0.507 e. The molecule has 9 nitrogen and oxygen atoms in total. The third kappa shape index (κ3) is 4.92. The van der Waals surface area contributed by atoms with Crippen LogP contribution in [0.1, 0.15) is 41.0 Å². The summed E-state index contributed by atoms with van der Waals surface area (Å²) in [6.07, 6.45) is 2.20. The van der Waals surface area contributed by atoms with Crippen molar-refractivity contribution >= 4 is 40.7 Å². The predicted octanol–water partition coefficient (Wildman–Crippen LogP) is 4.95. The van der Waals surface area contributed by atoms with Crippen molar-refractivity contribution in [2.75, 3.05) is 25.7 Å². The standard InChI is InChI=1S/C28H25ClN2O7/c1-4-13-38-28(35)16-8-10-17(11-9-16)31-24(20-7-5-6-12-30-20)23(26(33)27(31)34)25(32)18-14-19(29)22(37-3)15-21(18)36-2/h5-12,14-15,24,32H,4,13H2,1-3H3/b25-23+. The van der Waals surface area contributed by atoms with Gasteiger partial charge in [-0.15, -0.1) is 0 Å². The van der Waals surface area contributed by atoms with Crippen molar-refractivity contribution in [2.24, 2.45) is 0 Å². The van der Waals surface area contributed by atoms with Crippen LogP contribution in [-0.4, -0.2) is 48.6 Å². The Morgan fingerprint density at radius 2 is 1.76 bits per heavy atom. The lowest BCUT2D eigenvalue weighted by Gasteiger charge is -2.25. The van der Waals surface area contributed by atoms with Crippen LogP contribution in [-0.2, 0) is 14.3 Å². The van der Waals surface area contributed by atoms with Crippen LogP contribution < -0.4 is 14.4 Å². The number of aliphatic hydroxyl groups excluding tert-OH is 1. The van der Waals surface area contributed by atoms with Crippen LogP contribution in [0.25, 0.3) is 5.76 Å². The molecule has 1 fully saturated rings. The fourth-order valence-electron chi connectivity index (χ4n) is 4.14. The zero-order chi connectivity index (χ0) is 27.4. The fourth-order valence-corrected chi connectivity index (χ4v) is 4.38. The highest BCUT2D eigenvalue weighted by Gasteiger charge is 2.48. The number of esters is 1. The number of aromatic nitrogens is 1. The van der Waals surface area contributed by atoms with Gasteiger partial charge in [-0.2, -0.15) is 0 Å². The van der Waals surface area contributed by atoms with Gasteiger partial charge >= 0.3 is 5.97 Å². The maximum atomic E-state index is 13.4. The topological polar surface area (TPSA) is 115 Å². The van der Waals surface area contributed by atoms with E-state index in [9.17, 15) is 19.5 Å². The number of carbonyl (C=O) groups is 3. The van der Waals surface area contributed by atoms with Crippen molar-refractivity contribution in [2.45, 2.75) is 19.4 Å². The Hall–Kier alpha value is -4.37. The number of rotatable bonds is 8. The maximum Gasteiger partial charge on any atom is 0.338 e. The molecular formula is C28H25ClN2O7. The number of Topliss-reactive ketones (excluding diaryl/α,β-unsaturated/α-hetero) is 1. The molecule has 0 radical (unpaired) electrons. The predicted molar refractivity (Wildman–Crippen MR) is 141 cm³/mol. The number of benzene rings is 2. The Kier molecular flexibility index (Phi) is 7.97. The lowest BCUT2D eigenvalue weighted by molar-refractivity contribution is -0.132. The zero-order valence-corrected chi connectivity index (χ0v) is 21.7. The van der Waals surface area contributed by atoms with E-state index in [1.807, 2.05) is 6.92 Å². The number of hydrogen-bond donors (Lipinski definition) is 1. The average Bonchev–Trinajstić information content (AvgIpc) is 3.21. The number of anilines is 1. The normalized spacial score (nSPS) is 16.4. The number of nitrogens with zero attached hydrogens (tertiary/aromatic N) is 2. The molecule has 0 spiro atoms. The molecule has 1 aliphatic rings. The van der Waals surface area contributed by atoms with E-state index in [2.05, 4.69) is 4.98 Å². The van der Waals surface area contributed by atoms with Crippen molar-refractivity contribution in [3.05, 3.63) is 88.2 Å². The summed E-state index contributed by atoms with van der Waals surface area (Å²) >= 11 is 6.30. The molecule has 3 aromatic rings. The van der Waals surface area contributed by atoms with Gasteiger partial charge in [0.2, 0.25) is 0 Å². The molecule has 0 bridgehead atoms. The second-order valence-electron chi connectivity index (χ2n) is 8.29. The molecule has 1 amide bonds. The Morgan fingerprint density at radius 1 is 1.05 bits per heavy atom. The summed E-state index contributed by atoms with van der Waals surface area (Å²) in [4.78, 5) is 44.5. The van der Waals surface area contributed by atoms with E-state index >= 15 is 0 Å². The smallest absolute Gasteiger partial charge is 0.338 e. The Labute approximate surface area is 224 Å². The Balaban J connectivity index is 1.86. The first-order valence-corrected chi connectivity index (χ1v) is 12.1. The van der Waals surface area contributed by atoms with Crippen LogP contribution in [0.3, 0.4) is 0 Å². The lowest BCUT2D eigenvalue weighted by atomic mass is 9.97. The zero-order valence-electron chi connectivity index (χ0n) is 20.9. The second kappa shape index (κ2) is 11.4. The number of halogens is 1. The first-order chi connectivity index (χ1) is 18.3. The number of hydrogen-bond acceptors (Lipinski definition) is 8. The van der Waals surface area contributed by atoms with Crippen LogP contribution in [0.4, 0.5) is 5.69 Å². The number of aliphatic hydroxyl groups is 1. The third-order valence-electron chi connectivity index (χ3n) is 5.96. The van der Waals surface area contributed by atoms with E-state index < -0.39 is 29.5 Å². The Morgan fingerprint density at radius 3 is 2.37 bits per heavy atom. The number of ketones is 1. The minimum atomic E-state index is -1.07. The summed E-state index contributed by atoms with van der Waals surface area (Å²) in [6.45, 7) is 2.17. The van der Waals surface area contributed by atoms with Crippen LogP contribution in [0, 0.1) is 0 Å². The van der Waals surface area contributed by atoms with Gasteiger partial charge in [-0.3, -0.25) is 19.5 Å². The SMILES string of the molecule is CCCOC(=O)c1ccc(N2C(=O)C(=O)/C(=C(/O)c3cc(Cl)c(OC)cc3OC)C2c2ccccn2)cc1. The van der Waals surface area contributed by atoms with Crippen LogP contribution >= 0.6 is 11.6 Å². The average molecular weight is 537 g/mol. The molecule has 2 heterocycles. The number of ether oxygens (including phenoxy) is 3. The molecule has 4 rings (SSSR count). The van der Waals surface area contributed by atoms with E-state index in [0.717, 1.165) is 0 Å². The molecular weight excluding hydrogens is 512 g/mol. The monoisotopic (exact) mass is 536 g/mol. The Bertz CT molecular complexity index is 1400. The first-order valence-electron chi connectivity index (χ1n) is 11.7. The second-order valence-corrected chi connectivity index (χ2v) is 8.70. The maximum absolute atomic E-state index is 13.4. The summed E-state index contributed by atoms with van der Waals surface area (Å²) in [7, 11) is 2.82. The fraction of sp³-hybridized carbons (Fsp3) is 0.214. The molecule has 2 aromatic carbocycles. The van der Waals surface area contributed by atoms with Crippen molar-refractivity contribution in [1.82, 2.24) is 4.98 Å². The molecule has 38 heavy (non-hydrogen) atoms. The lowest BCUT2D eigenvalue weighted by Crippen LogP contribution is -2.29. The summed E-state index contributed by atoms with van der Waals surface area (Å²) < 4.78 is 15.8. The number of amides is 1. The highest BCUT2D eigenvalue weighted by molar-refractivity contribution is 6.51. The van der Waals surface area contributed by atoms with Crippen LogP contribution in [0.5, 0.6) is 11.5 Å². The highest BCUT2D eigenvalue weighted by atomic mass is 35.5. The number of carbonyl (C=O) groups excluding carboxylic acids is 3. The van der Waals surface area contributed by atoms with Gasteiger partial charge in [0.05, 0.1) is 48.2 Å². The van der Waals surface area contributed by atoms with E-state index in [1.54, 1.807) is 18.2 Å². The van der Waals surface area contributed by atoms with Gasteiger partial charge in [0, 0.05) is 18.0 Å². The van der Waals surface area contributed by atoms with E-state index in [1.165, 1.54) is 61.7 Å². The van der Waals surface area contributed by atoms with Gasteiger partial charge in [-0.1, -0.05) is 24.6 Å². The molecule has 1 atom stereocenters. The van der Waals surface area contributed by atoms with E-state index in [0.29, 0.717) is 29.1 Å². The molecule has 1 aromatic heterocycles. The minimum absolute atomic E-state index is 0.103. The van der Waals surface area contributed by atoms with Crippen LogP contribution in [0.2, 0.25) is 5.02 Å². The van der Waals surface area contributed by atoms with Gasteiger partial charge in [0.25, 0.3) is 11.7 Å². The van der Waals surface area contributed by atoms with Crippen molar-refractivity contribution in [1.29, 1.82) is 0 Å². The van der Waals surface area contributed by atoms with Gasteiger partial charge in [-0.05, 0) is 48.9 Å². The molecule has 0 aliphatic carbocycles. The number of methoxy groups -OCH3 is 2. The molecule has 0 saturated carbocycles. The highest BCUT2D eigenvalue weighted by Crippen LogP contribution is 2.44. The first kappa shape index (κ1) is 26.7. The summed E-state index contributed by atoms with van der Waals surface area (Å²) in [5.74, 6) is -2.28. The minimum Gasteiger partial charge on any atom is -0.507 e. The van der Waals surface area contributed by atoms with Crippen molar-refractivity contribution in [3.63, 3.8) is 0 Å². The third-order valence-corrected chi connectivity index (χ3v) is 6.26. The van der Waals surface area contributed by atoms with Gasteiger partial charge < -0.3 is 19.3 Å². The molecule has 1 aliphatic heterocycles. The van der Waals surface area contributed by atoms with E-state index in [-0.39, 0.29) is 28.5 Å². The summed E-state index contributed by atoms with van der Waals surface area (Å²) in [5.41, 5.74) is 0.878. The van der Waals surface area contributed by atoms with Gasteiger partial charge in [0.15, 0.2) is 0 Å².